The predicted molar refractivity (Wildman–Crippen MR) is 66.0 cm³/mol. The molecule has 5 nitrogen and oxygen atoms in total. The molecular weight excluding hydrogens is 232 g/mol. The van der Waals surface area contributed by atoms with Crippen LogP contribution in [0.3, 0.4) is 0 Å². The van der Waals surface area contributed by atoms with E-state index < -0.39 is 11.9 Å². The van der Waals surface area contributed by atoms with Gasteiger partial charge in [0.25, 0.3) is 0 Å². The number of carbonyl (C=O) groups excluding carboxylic acids is 2. The van der Waals surface area contributed by atoms with Crippen LogP contribution >= 0.6 is 0 Å². The number of benzene rings is 1. The number of ether oxygens (including phenoxy) is 1. The SMILES string of the molecule is CCOC(=O)c1cccc(NC(=O)CC#N)c1C. The number of nitrogens with zero attached hydrogens (tertiary/aromatic N) is 1. The lowest BCUT2D eigenvalue weighted by atomic mass is 10.1. The number of hydrogen-bond donors (Lipinski definition) is 1. The van der Waals surface area contributed by atoms with Crippen molar-refractivity contribution in [3.05, 3.63) is 29.3 Å². The maximum Gasteiger partial charge on any atom is 0.338 e. The van der Waals surface area contributed by atoms with Crippen LogP contribution in [-0.4, -0.2) is 18.5 Å². The highest BCUT2D eigenvalue weighted by Crippen LogP contribution is 2.19. The van der Waals surface area contributed by atoms with Crippen LogP contribution in [0.4, 0.5) is 5.69 Å². The summed E-state index contributed by atoms with van der Waals surface area (Å²) in [5.74, 6) is -0.826. The first kappa shape index (κ1) is 13.7. The third kappa shape index (κ3) is 3.32. The number of anilines is 1. The van der Waals surface area contributed by atoms with Gasteiger partial charge < -0.3 is 10.1 Å². The number of nitrogens with one attached hydrogen (secondary N) is 1. The molecule has 1 N–H and O–H groups in total. The molecule has 94 valence electrons. The quantitative estimate of drug-likeness (QED) is 0.824. The topological polar surface area (TPSA) is 79.2 Å². The first-order valence-corrected chi connectivity index (χ1v) is 5.53. The van der Waals surface area contributed by atoms with Crippen molar-refractivity contribution in [2.75, 3.05) is 11.9 Å². The zero-order valence-corrected chi connectivity index (χ0v) is 10.3. The van der Waals surface area contributed by atoms with E-state index in [1.54, 1.807) is 38.1 Å². The highest BCUT2D eigenvalue weighted by Gasteiger charge is 2.13. The van der Waals surface area contributed by atoms with Crippen molar-refractivity contribution < 1.29 is 14.3 Å². The minimum absolute atomic E-state index is 0.219. The van der Waals surface area contributed by atoms with E-state index in [9.17, 15) is 9.59 Å². The monoisotopic (exact) mass is 246 g/mol. The van der Waals surface area contributed by atoms with E-state index in [0.717, 1.165) is 0 Å². The summed E-state index contributed by atoms with van der Waals surface area (Å²) in [5.41, 5.74) is 1.55. The second-order valence-corrected chi connectivity index (χ2v) is 3.58. The molecule has 5 heteroatoms. The van der Waals surface area contributed by atoms with Crippen molar-refractivity contribution in [2.24, 2.45) is 0 Å². The molecule has 0 heterocycles. The Bertz CT molecular complexity index is 503. The third-order valence-corrected chi connectivity index (χ3v) is 2.34. The summed E-state index contributed by atoms with van der Waals surface area (Å²) in [7, 11) is 0. The van der Waals surface area contributed by atoms with E-state index in [1.807, 2.05) is 0 Å². The van der Waals surface area contributed by atoms with Crippen LogP contribution in [0.5, 0.6) is 0 Å². The zero-order chi connectivity index (χ0) is 13.5. The Morgan fingerprint density at radius 2 is 2.17 bits per heavy atom. The first-order chi connectivity index (χ1) is 8.60. The Morgan fingerprint density at radius 1 is 1.44 bits per heavy atom. The normalized spacial score (nSPS) is 9.39. The van der Waals surface area contributed by atoms with Gasteiger partial charge in [0.05, 0.1) is 18.2 Å². The molecule has 0 aliphatic rings. The molecule has 0 aliphatic heterocycles. The van der Waals surface area contributed by atoms with Crippen molar-refractivity contribution in [1.82, 2.24) is 0 Å². The fraction of sp³-hybridized carbons (Fsp3) is 0.308. The molecule has 0 aromatic heterocycles. The van der Waals surface area contributed by atoms with E-state index in [-0.39, 0.29) is 6.42 Å². The molecule has 0 spiro atoms. The summed E-state index contributed by atoms with van der Waals surface area (Å²) in [6.07, 6.45) is -0.219. The lowest BCUT2D eigenvalue weighted by Gasteiger charge is -2.10. The van der Waals surface area contributed by atoms with Gasteiger partial charge in [0.15, 0.2) is 0 Å². The fourth-order valence-electron chi connectivity index (χ4n) is 1.47. The lowest BCUT2D eigenvalue weighted by molar-refractivity contribution is -0.115. The molecule has 1 aromatic rings. The van der Waals surface area contributed by atoms with Gasteiger partial charge in [-0.3, -0.25) is 4.79 Å². The van der Waals surface area contributed by atoms with Crippen molar-refractivity contribution >= 4 is 17.6 Å². The maximum atomic E-state index is 11.6. The van der Waals surface area contributed by atoms with Crippen LogP contribution in [0.1, 0.15) is 29.3 Å². The van der Waals surface area contributed by atoms with Gasteiger partial charge in [-0.05, 0) is 31.5 Å². The summed E-state index contributed by atoms with van der Waals surface area (Å²) in [4.78, 5) is 23.0. The van der Waals surface area contributed by atoms with Gasteiger partial charge in [-0.2, -0.15) is 5.26 Å². The van der Waals surface area contributed by atoms with Gasteiger partial charge in [-0.15, -0.1) is 0 Å². The Morgan fingerprint density at radius 3 is 2.78 bits per heavy atom. The molecule has 0 unspecified atom stereocenters. The maximum absolute atomic E-state index is 11.6. The molecule has 0 saturated heterocycles. The average molecular weight is 246 g/mol. The highest BCUT2D eigenvalue weighted by atomic mass is 16.5. The molecule has 0 atom stereocenters. The van der Waals surface area contributed by atoms with E-state index >= 15 is 0 Å². The van der Waals surface area contributed by atoms with Crippen LogP contribution in [0.25, 0.3) is 0 Å². The van der Waals surface area contributed by atoms with E-state index in [4.69, 9.17) is 10.00 Å². The first-order valence-electron chi connectivity index (χ1n) is 5.53. The Kier molecular flexibility index (Phi) is 4.88. The van der Waals surface area contributed by atoms with Gasteiger partial charge in [0.1, 0.15) is 6.42 Å². The Labute approximate surface area is 105 Å². The zero-order valence-electron chi connectivity index (χ0n) is 10.3. The van der Waals surface area contributed by atoms with E-state index in [2.05, 4.69) is 5.32 Å². The third-order valence-electron chi connectivity index (χ3n) is 2.34. The van der Waals surface area contributed by atoms with Crippen molar-refractivity contribution in [1.29, 1.82) is 5.26 Å². The number of nitriles is 1. The minimum Gasteiger partial charge on any atom is -0.462 e. The largest absolute Gasteiger partial charge is 0.462 e. The van der Waals surface area contributed by atoms with Gasteiger partial charge in [0, 0.05) is 5.69 Å². The standard InChI is InChI=1S/C13H14N2O3/c1-3-18-13(17)10-5-4-6-11(9(10)2)15-12(16)7-8-14/h4-6H,3,7H2,1-2H3,(H,15,16). The Hall–Kier alpha value is -2.35. The second-order valence-electron chi connectivity index (χ2n) is 3.58. The van der Waals surface area contributed by atoms with Crippen LogP contribution in [-0.2, 0) is 9.53 Å². The number of rotatable bonds is 4. The molecule has 18 heavy (non-hydrogen) atoms. The smallest absolute Gasteiger partial charge is 0.338 e. The number of hydrogen-bond acceptors (Lipinski definition) is 4. The highest BCUT2D eigenvalue weighted by molar-refractivity contribution is 5.97. The van der Waals surface area contributed by atoms with Gasteiger partial charge in [-0.1, -0.05) is 6.07 Å². The van der Waals surface area contributed by atoms with Gasteiger partial charge >= 0.3 is 5.97 Å². The lowest BCUT2D eigenvalue weighted by Crippen LogP contribution is -2.13. The number of amides is 1. The fourth-order valence-corrected chi connectivity index (χ4v) is 1.47. The summed E-state index contributed by atoms with van der Waals surface area (Å²) in [5, 5.41) is 11.0. The minimum atomic E-state index is -0.425. The van der Waals surface area contributed by atoms with Crippen LogP contribution in [0, 0.1) is 18.3 Å². The molecule has 0 bridgehead atoms. The number of esters is 1. The predicted octanol–water partition coefficient (Wildman–Crippen LogP) is 2.02. The van der Waals surface area contributed by atoms with E-state index in [1.165, 1.54) is 0 Å². The van der Waals surface area contributed by atoms with Gasteiger partial charge in [-0.25, -0.2) is 4.79 Å². The molecule has 0 saturated carbocycles. The molecule has 0 radical (unpaired) electrons. The summed E-state index contributed by atoms with van der Waals surface area (Å²) in [6.45, 7) is 3.74. The summed E-state index contributed by atoms with van der Waals surface area (Å²) >= 11 is 0. The average Bonchev–Trinajstić information content (AvgIpc) is 2.32. The van der Waals surface area contributed by atoms with Crippen LogP contribution in [0.15, 0.2) is 18.2 Å². The van der Waals surface area contributed by atoms with Crippen molar-refractivity contribution in [2.45, 2.75) is 20.3 Å². The second kappa shape index (κ2) is 6.40. The molecule has 1 rings (SSSR count). The molecule has 0 aliphatic carbocycles. The summed E-state index contributed by atoms with van der Waals surface area (Å²) < 4.78 is 4.91. The summed E-state index contributed by atoms with van der Waals surface area (Å²) in [6, 6.07) is 6.72. The number of carbonyl (C=O) groups is 2. The Balaban J connectivity index is 2.95. The molecular formula is C13H14N2O3. The molecule has 1 amide bonds. The molecule has 1 aromatic carbocycles. The van der Waals surface area contributed by atoms with Crippen molar-refractivity contribution in [3.63, 3.8) is 0 Å². The van der Waals surface area contributed by atoms with Crippen LogP contribution in [0.2, 0.25) is 0 Å². The van der Waals surface area contributed by atoms with Crippen molar-refractivity contribution in [3.8, 4) is 6.07 Å². The van der Waals surface area contributed by atoms with Crippen LogP contribution < -0.4 is 5.32 Å². The van der Waals surface area contributed by atoms with Gasteiger partial charge in [0.2, 0.25) is 5.91 Å². The molecule has 0 fully saturated rings. The van der Waals surface area contributed by atoms with E-state index in [0.29, 0.717) is 23.4 Å².